The van der Waals surface area contributed by atoms with E-state index in [1.165, 1.54) is 11.1 Å². The van der Waals surface area contributed by atoms with Crippen LogP contribution in [0.3, 0.4) is 0 Å². The molecule has 3 N–H and O–H groups in total. The van der Waals surface area contributed by atoms with Gasteiger partial charge in [0.15, 0.2) is 0 Å². The zero-order valence-corrected chi connectivity index (χ0v) is 12.9. The largest absolute Gasteiger partial charge is 0.364 e. The third-order valence-corrected chi connectivity index (χ3v) is 3.73. The number of rotatable bonds is 3. The Kier molecular flexibility index (Phi) is 3.53. The van der Waals surface area contributed by atoms with E-state index in [1.807, 2.05) is 22.6 Å². The number of fused-ring (bicyclic) bond motifs is 1. The number of hydrogen-bond acceptors (Lipinski definition) is 4. The van der Waals surface area contributed by atoms with Gasteiger partial charge in [-0.3, -0.25) is 15.2 Å². The SMILES string of the molecule is NC(=O)C1=Cn2cncc2CN1Nc1ccc(I)cc1F. The number of primary amides is 1. The number of amides is 1. The highest BCUT2D eigenvalue weighted by molar-refractivity contribution is 14.1. The standard InChI is InChI=1S/C13H11FIN5O/c14-10-3-8(15)1-2-11(10)18-20-5-9-4-17-7-19(9)6-12(20)13(16)21/h1-4,6-7,18H,5H2,(H2,16,21). The Morgan fingerprint density at radius 3 is 3.00 bits per heavy atom. The summed E-state index contributed by atoms with van der Waals surface area (Å²) in [6.45, 7) is 0.347. The number of hydrazine groups is 1. The van der Waals surface area contributed by atoms with E-state index >= 15 is 0 Å². The number of carbonyl (C=O) groups is 1. The minimum absolute atomic E-state index is 0.235. The van der Waals surface area contributed by atoms with Gasteiger partial charge in [-0.1, -0.05) is 0 Å². The van der Waals surface area contributed by atoms with Gasteiger partial charge in [-0.05, 0) is 40.8 Å². The first kappa shape index (κ1) is 13.9. The van der Waals surface area contributed by atoms with Crippen molar-refractivity contribution in [3.63, 3.8) is 0 Å². The smallest absolute Gasteiger partial charge is 0.268 e. The van der Waals surface area contributed by atoms with Crippen molar-refractivity contribution in [2.45, 2.75) is 6.54 Å². The van der Waals surface area contributed by atoms with Crippen LogP contribution in [-0.4, -0.2) is 20.5 Å². The minimum Gasteiger partial charge on any atom is -0.364 e. The first-order chi connectivity index (χ1) is 10.0. The third kappa shape index (κ3) is 2.71. The van der Waals surface area contributed by atoms with Crippen LogP contribution in [0.4, 0.5) is 10.1 Å². The number of benzene rings is 1. The van der Waals surface area contributed by atoms with Gasteiger partial charge in [0.25, 0.3) is 5.91 Å². The van der Waals surface area contributed by atoms with Crippen LogP contribution in [0.2, 0.25) is 0 Å². The van der Waals surface area contributed by atoms with Crippen LogP contribution in [0.5, 0.6) is 0 Å². The van der Waals surface area contributed by atoms with E-state index in [9.17, 15) is 9.18 Å². The number of carbonyl (C=O) groups excluding carboxylic acids is 1. The lowest BCUT2D eigenvalue weighted by atomic mass is 10.3. The highest BCUT2D eigenvalue weighted by atomic mass is 127. The number of nitrogens with two attached hydrogens (primary N) is 1. The predicted molar refractivity (Wildman–Crippen MR) is 84.0 cm³/mol. The van der Waals surface area contributed by atoms with E-state index in [2.05, 4.69) is 10.4 Å². The Morgan fingerprint density at radius 1 is 1.48 bits per heavy atom. The molecular formula is C13H11FIN5O. The molecule has 6 nitrogen and oxygen atoms in total. The molecule has 1 aromatic carbocycles. The van der Waals surface area contributed by atoms with Gasteiger partial charge in [-0.15, -0.1) is 0 Å². The molecule has 2 aromatic rings. The zero-order valence-electron chi connectivity index (χ0n) is 10.8. The molecule has 0 fully saturated rings. The number of halogens is 2. The van der Waals surface area contributed by atoms with Gasteiger partial charge in [0.05, 0.1) is 30.5 Å². The highest BCUT2D eigenvalue weighted by Gasteiger charge is 2.23. The molecule has 1 aromatic heterocycles. The summed E-state index contributed by atoms with van der Waals surface area (Å²) in [4.78, 5) is 15.6. The molecule has 0 saturated carbocycles. The van der Waals surface area contributed by atoms with Crippen molar-refractivity contribution >= 4 is 40.4 Å². The summed E-state index contributed by atoms with van der Waals surface area (Å²) < 4.78 is 16.4. The van der Waals surface area contributed by atoms with E-state index in [0.717, 1.165) is 9.26 Å². The van der Waals surface area contributed by atoms with E-state index in [1.54, 1.807) is 35.4 Å². The van der Waals surface area contributed by atoms with Crippen LogP contribution in [0.15, 0.2) is 36.4 Å². The number of anilines is 1. The van der Waals surface area contributed by atoms with Crippen LogP contribution in [-0.2, 0) is 11.3 Å². The van der Waals surface area contributed by atoms with Crippen LogP contribution < -0.4 is 11.2 Å². The molecule has 108 valence electrons. The Morgan fingerprint density at radius 2 is 2.29 bits per heavy atom. The Labute approximate surface area is 133 Å². The predicted octanol–water partition coefficient (Wildman–Crippen LogP) is 1.75. The van der Waals surface area contributed by atoms with Crippen molar-refractivity contribution < 1.29 is 9.18 Å². The summed E-state index contributed by atoms with van der Waals surface area (Å²) in [6.07, 6.45) is 4.82. The van der Waals surface area contributed by atoms with Gasteiger partial charge in [-0.2, -0.15) is 0 Å². The molecule has 0 unspecified atom stereocenters. The van der Waals surface area contributed by atoms with E-state index in [4.69, 9.17) is 5.73 Å². The Balaban J connectivity index is 1.92. The lowest BCUT2D eigenvalue weighted by Gasteiger charge is -2.30. The number of aromatic nitrogens is 2. The summed E-state index contributed by atoms with van der Waals surface area (Å²) in [5, 5.41) is 1.50. The first-order valence-corrected chi connectivity index (χ1v) is 7.14. The maximum atomic E-state index is 13.9. The summed E-state index contributed by atoms with van der Waals surface area (Å²) >= 11 is 2.03. The normalized spacial score (nSPS) is 13.6. The maximum absolute atomic E-state index is 13.9. The van der Waals surface area contributed by atoms with Crippen molar-refractivity contribution in [3.8, 4) is 0 Å². The maximum Gasteiger partial charge on any atom is 0.268 e. The molecule has 0 aliphatic carbocycles. The quantitative estimate of drug-likeness (QED) is 0.772. The van der Waals surface area contributed by atoms with Crippen LogP contribution in [0.25, 0.3) is 6.20 Å². The minimum atomic E-state index is -0.604. The molecular weight excluding hydrogens is 388 g/mol. The van der Waals surface area contributed by atoms with E-state index in [-0.39, 0.29) is 11.4 Å². The Bertz CT molecular complexity index is 742. The molecule has 0 spiro atoms. The summed E-state index contributed by atoms with van der Waals surface area (Å²) in [6, 6.07) is 4.79. The second-order valence-electron chi connectivity index (χ2n) is 4.49. The van der Waals surface area contributed by atoms with Crippen molar-refractivity contribution in [2.75, 3.05) is 5.43 Å². The number of imidazole rings is 1. The summed E-state index contributed by atoms with van der Waals surface area (Å²) in [5.74, 6) is -1.00. The molecule has 3 rings (SSSR count). The molecule has 1 aliphatic heterocycles. The fourth-order valence-electron chi connectivity index (χ4n) is 2.04. The fourth-order valence-corrected chi connectivity index (χ4v) is 2.49. The van der Waals surface area contributed by atoms with Gasteiger partial charge in [0.2, 0.25) is 0 Å². The molecule has 0 radical (unpaired) electrons. The first-order valence-electron chi connectivity index (χ1n) is 6.06. The molecule has 0 atom stereocenters. The molecule has 8 heteroatoms. The monoisotopic (exact) mass is 399 g/mol. The second kappa shape index (κ2) is 5.35. The van der Waals surface area contributed by atoms with E-state index < -0.39 is 11.7 Å². The lowest BCUT2D eigenvalue weighted by Crippen LogP contribution is -2.38. The molecule has 0 bridgehead atoms. The molecule has 1 aliphatic rings. The zero-order chi connectivity index (χ0) is 15.0. The van der Waals surface area contributed by atoms with Gasteiger partial charge < -0.3 is 10.3 Å². The van der Waals surface area contributed by atoms with Crippen LogP contribution in [0.1, 0.15) is 5.69 Å². The van der Waals surface area contributed by atoms with Gasteiger partial charge >= 0.3 is 0 Å². The average molecular weight is 399 g/mol. The van der Waals surface area contributed by atoms with Crippen molar-refractivity contribution in [1.29, 1.82) is 0 Å². The van der Waals surface area contributed by atoms with Crippen molar-refractivity contribution in [2.24, 2.45) is 5.73 Å². The van der Waals surface area contributed by atoms with Crippen molar-refractivity contribution in [1.82, 2.24) is 14.6 Å². The molecule has 21 heavy (non-hydrogen) atoms. The summed E-state index contributed by atoms with van der Waals surface area (Å²) in [5.41, 5.74) is 9.63. The van der Waals surface area contributed by atoms with Crippen molar-refractivity contribution in [3.05, 3.63) is 51.5 Å². The number of nitrogens with one attached hydrogen (secondary N) is 1. The lowest BCUT2D eigenvalue weighted by molar-refractivity contribution is -0.115. The molecule has 0 saturated heterocycles. The van der Waals surface area contributed by atoms with Gasteiger partial charge in [0.1, 0.15) is 11.5 Å². The molecule has 1 amide bonds. The number of hydrogen-bond donors (Lipinski definition) is 2. The fraction of sp³-hybridized carbons (Fsp3) is 0.0769. The van der Waals surface area contributed by atoms with Crippen LogP contribution >= 0.6 is 22.6 Å². The van der Waals surface area contributed by atoms with Crippen LogP contribution in [0, 0.1) is 9.39 Å². The Hall–Kier alpha value is -2.10. The second-order valence-corrected chi connectivity index (χ2v) is 5.74. The average Bonchev–Trinajstić information content (AvgIpc) is 2.88. The number of nitrogens with zero attached hydrogens (tertiary/aromatic N) is 3. The summed E-state index contributed by atoms with van der Waals surface area (Å²) in [7, 11) is 0. The third-order valence-electron chi connectivity index (χ3n) is 3.06. The highest BCUT2D eigenvalue weighted by Crippen LogP contribution is 2.23. The van der Waals surface area contributed by atoms with Gasteiger partial charge in [0, 0.05) is 9.77 Å². The van der Waals surface area contributed by atoms with E-state index in [0.29, 0.717) is 6.54 Å². The molecule has 2 heterocycles. The van der Waals surface area contributed by atoms with Gasteiger partial charge in [-0.25, -0.2) is 9.37 Å². The topological polar surface area (TPSA) is 76.2 Å².